The van der Waals surface area contributed by atoms with Crippen LogP contribution in [-0.4, -0.2) is 28.2 Å². The van der Waals surface area contributed by atoms with Crippen molar-refractivity contribution in [3.05, 3.63) is 60.0 Å². The van der Waals surface area contributed by atoms with Gasteiger partial charge in [0.05, 0.1) is 6.20 Å². The van der Waals surface area contributed by atoms with Crippen LogP contribution in [-0.2, 0) is 9.59 Å². The number of hydrogen-bond acceptors (Lipinski definition) is 3. The summed E-state index contributed by atoms with van der Waals surface area (Å²) in [4.78, 5) is 30.6. The van der Waals surface area contributed by atoms with Crippen LogP contribution >= 0.6 is 0 Å². The minimum absolute atomic E-state index is 0.0303. The zero-order chi connectivity index (χ0) is 16.9. The number of nitrogens with one attached hydrogen (secondary N) is 1. The highest BCUT2D eigenvalue weighted by atomic mass is 19.1. The molecule has 2 heterocycles. The van der Waals surface area contributed by atoms with E-state index >= 15 is 0 Å². The Balaban J connectivity index is 1.87. The molecule has 1 saturated heterocycles. The van der Waals surface area contributed by atoms with Crippen LogP contribution in [0.1, 0.15) is 30.9 Å². The summed E-state index contributed by atoms with van der Waals surface area (Å²) in [6.45, 7) is 0.544. The van der Waals surface area contributed by atoms with E-state index in [2.05, 4.69) is 10.3 Å². The normalized spacial score (nSPS) is 15.9. The number of nitrogens with zero attached hydrogens (tertiary/aromatic N) is 2. The van der Waals surface area contributed by atoms with Gasteiger partial charge in [-0.2, -0.15) is 0 Å². The van der Waals surface area contributed by atoms with E-state index in [1.165, 1.54) is 12.1 Å². The van der Waals surface area contributed by atoms with E-state index < -0.39 is 11.9 Å². The number of piperidine rings is 1. The fourth-order valence-corrected chi connectivity index (χ4v) is 2.85. The first-order valence-corrected chi connectivity index (χ1v) is 7.92. The summed E-state index contributed by atoms with van der Waals surface area (Å²) in [7, 11) is 0. The van der Waals surface area contributed by atoms with Crippen LogP contribution in [0.3, 0.4) is 0 Å². The first-order chi connectivity index (χ1) is 11.6. The van der Waals surface area contributed by atoms with Crippen molar-refractivity contribution >= 4 is 17.6 Å². The lowest BCUT2D eigenvalue weighted by Crippen LogP contribution is -2.43. The van der Waals surface area contributed by atoms with Crippen LogP contribution in [0.25, 0.3) is 0 Å². The lowest BCUT2D eigenvalue weighted by molar-refractivity contribution is -0.141. The molecule has 3 rings (SSSR count). The van der Waals surface area contributed by atoms with Gasteiger partial charge in [-0.15, -0.1) is 0 Å². The fourth-order valence-electron chi connectivity index (χ4n) is 2.85. The van der Waals surface area contributed by atoms with Gasteiger partial charge in [-0.1, -0.05) is 30.3 Å². The smallest absolute Gasteiger partial charge is 0.252 e. The predicted octanol–water partition coefficient (Wildman–Crippen LogP) is 2.91. The predicted molar refractivity (Wildman–Crippen MR) is 87.6 cm³/mol. The van der Waals surface area contributed by atoms with Gasteiger partial charge >= 0.3 is 0 Å². The molecule has 1 fully saturated rings. The van der Waals surface area contributed by atoms with Crippen molar-refractivity contribution in [1.29, 1.82) is 0 Å². The Labute approximate surface area is 139 Å². The van der Waals surface area contributed by atoms with Crippen molar-refractivity contribution in [2.75, 3.05) is 11.9 Å². The van der Waals surface area contributed by atoms with Crippen molar-refractivity contribution in [3.63, 3.8) is 0 Å². The van der Waals surface area contributed by atoms with Gasteiger partial charge in [0, 0.05) is 13.0 Å². The molecular weight excluding hydrogens is 309 g/mol. The molecule has 6 heteroatoms. The highest BCUT2D eigenvalue weighted by Gasteiger charge is 2.32. The molecule has 0 unspecified atom stereocenters. The Kier molecular flexibility index (Phi) is 4.84. The van der Waals surface area contributed by atoms with E-state index in [-0.39, 0.29) is 17.6 Å². The molecule has 24 heavy (non-hydrogen) atoms. The van der Waals surface area contributed by atoms with Gasteiger partial charge in [0.2, 0.25) is 5.91 Å². The average molecular weight is 327 g/mol. The Morgan fingerprint density at radius 1 is 1.17 bits per heavy atom. The molecule has 0 aliphatic carbocycles. The second kappa shape index (κ2) is 7.21. The second-order valence-corrected chi connectivity index (χ2v) is 5.71. The van der Waals surface area contributed by atoms with Gasteiger partial charge in [0.15, 0.2) is 0 Å². The summed E-state index contributed by atoms with van der Waals surface area (Å²) in [5, 5.41) is 2.67. The molecule has 0 saturated carbocycles. The molecule has 0 spiro atoms. The van der Waals surface area contributed by atoms with Gasteiger partial charge in [-0.3, -0.25) is 9.59 Å². The Morgan fingerprint density at radius 2 is 1.96 bits per heavy atom. The van der Waals surface area contributed by atoms with Crippen LogP contribution in [0, 0.1) is 5.82 Å². The first-order valence-electron chi connectivity index (χ1n) is 7.92. The van der Waals surface area contributed by atoms with Crippen LogP contribution < -0.4 is 5.32 Å². The lowest BCUT2D eigenvalue weighted by Gasteiger charge is -2.34. The SMILES string of the molecule is O=C(Nc1ccc(F)cn1)[C@H](c1ccccc1)N1CCCCC1=O. The first kappa shape index (κ1) is 16.1. The zero-order valence-corrected chi connectivity index (χ0v) is 13.1. The molecule has 1 aromatic heterocycles. The summed E-state index contributed by atoms with van der Waals surface area (Å²) in [6.07, 6.45) is 3.21. The largest absolute Gasteiger partial charge is 0.327 e. The van der Waals surface area contributed by atoms with E-state index in [0.29, 0.717) is 13.0 Å². The van der Waals surface area contributed by atoms with Gasteiger partial charge in [-0.25, -0.2) is 9.37 Å². The maximum absolute atomic E-state index is 13.0. The maximum Gasteiger partial charge on any atom is 0.252 e. The summed E-state index contributed by atoms with van der Waals surface area (Å²) in [5.74, 6) is -0.599. The highest BCUT2D eigenvalue weighted by molar-refractivity contribution is 5.97. The molecule has 2 aromatic rings. The molecule has 124 valence electrons. The van der Waals surface area contributed by atoms with Crippen LogP contribution in [0.2, 0.25) is 0 Å². The van der Waals surface area contributed by atoms with E-state index in [4.69, 9.17) is 0 Å². The van der Waals surface area contributed by atoms with E-state index in [0.717, 1.165) is 24.6 Å². The van der Waals surface area contributed by atoms with Gasteiger partial charge in [0.25, 0.3) is 5.91 Å². The Bertz CT molecular complexity index is 719. The summed E-state index contributed by atoms with van der Waals surface area (Å²) in [6, 6.07) is 11.1. The quantitative estimate of drug-likeness (QED) is 0.939. The molecular formula is C18H18FN3O2. The number of likely N-dealkylation sites (tertiary alicyclic amines) is 1. The molecule has 1 aromatic carbocycles. The van der Waals surface area contributed by atoms with E-state index in [9.17, 15) is 14.0 Å². The van der Waals surface area contributed by atoms with Crippen molar-refractivity contribution in [3.8, 4) is 0 Å². The summed E-state index contributed by atoms with van der Waals surface area (Å²) < 4.78 is 13.0. The maximum atomic E-state index is 13.0. The molecule has 1 aliphatic heterocycles. The third kappa shape index (κ3) is 3.59. The van der Waals surface area contributed by atoms with Crippen LogP contribution in [0.4, 0.5) is 10.2 Å². The van der Waals surface area contributed by atoms with Crippen molar-refractivity contribution < 1.29 is 14.0 Å². The monoisotopic (exact) mass is 327 g/mol. The number of carbonyl (C=O) groups excluding carboxylic acids is 2. The summed E-state index contributed by atoms with van der Waals surface area (Å²) in [5.41, 5.74) is 0.743. The second-order valence-electron chi connectivity index (χ2n) is 5.71. The van der Waals surface area contributed by atoms with E-state index in [1.54, 1.807) is 4.90 Å². The Hall–Kier alpha value is -2.76. The molecule has 0 bridgehead atoms. The number of anilines is 1. The zero-order valence-electron chi connectivity index (χ0n) is 13.1. The summed E-state index contributed by atoms with van der Waals surface area (Å²) >= 11 is 0. The number of hydrogen-bond donors (Lipinski definition) is 1. The standard InChI is InChI=1S/C18H18FN3O2/c19-14-9-10-15(20-12-14)21-18(24)17(13-6-2-1-3-7-13)22-11-5-4-8-16(22)23/h1-3,6-7,9-10,12,17H,4-5,8,11H2,(H,20,21,24)/t17-/m0/s1. The highest BCUT2D eigenvalue weighted by Crippen LogP contribution is 2.26. The Morgan fingerprint density at radius 3 is 2.62 bits per heavy atom. The van der Waals surface area contributed by atoms with Crippen molar-refractivity contribution in [2.45, 2.75) is 25.3 Å². The number of benzene rings is 1. The van der Waals surface area contributed by atoms with Gasteiger partial charge < -0.3 is 10.2 Å². The van der Waals surface area contributed by atoms with Gasteiger partial charge in [-0.05, 0) is 30.5 Å². The molecule has 2 amide bonds. The van der Waals surface area contributed by atoms with Gasteiger partial charge in [0.1, 0.15) is 17.7 Å². The van der Waals surface area contributed by atoms with Crippen molar-refractivity contribution in [2.24, 2.45) is 0 Å². The number of aromatic nitrogens is 1. The average Bonchev–Trinajstić information content (AvgIpc) is 2.60. The number of halogens is 1. The minimum Gasteiger partial charge on any atom is -0.327 e. The molecule has 0 radical (unpaired) electrons. The third-order valence-corrected chi connectivity index (χ3v) is 4.01. The van der Waals surface area contributed by atoms with Crippen molar-refractivity contribution in [1.82, 2.24) is 9.88 Å². The number of amides is 2. The minimum atomic E-state index is -0.717. The number of carbonyl (C=O) groups is 2. The molecule has 1 aliphatic rings. The molecule has 1 N–H and O–H groups in total. The van der Waals surface area contributed by atoms with Crippen LogP contribution in [0.5, 0.6) is 0 Å². The third-order valence-electron chi connectivity index (χ3n) is 4.01. The van der Waals surface area contributed by atoms with E-state index in [1.807, 2.05) is 30.3 Å². The number of rotatable bonds is 4. The number of pyridine rings is 1. The molecule has 5 nitrogen and oxygen atoms in total. The molecule has 1 atom stereocenters. The van der Waals surface area contributed by atoms with Crippen LogP contribution in [0.15, 0.2) is 48.7 Å². The fraction of sp³-hybridized carbons (Fsp3) is 0.278. The topological polar surface area (TPSA) is 62.3 Å². The lowest BCUT2D eigenvalue weighted by atomic mass is 10.0.